The van der Waals surface area contributed by atoms with Crippen molar-refractivity contribution in [1.82, 2.24) is 19.1 Å². The summed E-state index contributed by atoms with van der Waals surface area (Å²) >= 11 is 0. The summed E-state index contributed by atoms with van der Waals surface area (Å²) in [7, 11) is 4.32. The molecular weight excluding hydrogens is 336 g/mol. The highest BCUT2D eigenvalue weighted by molar-refractivity contribution is 5.77. The van der Waals surface area contributed by atoms with Gasteiger partial charge in [-0.1, -0.05) is 37.1 Å². The SMILES string of the molecule is Cn1c([C@@H]2CCCC[C@H]2c2nc3ccccc3n2C)nc2ccccc21.O. The maximum Gasteiger partial charge on any atom is 0.113 e. The Labute approximate surface area is 159 Å². The fourth-order valence-corrected chi connectivity index (χ4v) is 4.74. The van der Waals surface area contributed by atoms with Crippen molar-refractivity contribution < 1.29 is 5.48 Å². The van der Waals surface area contributed by atoms with Crippen LogP contribution in [0.4, 0.5) is 0 Å². The van der Waals surface area contributed by atoms with Crippen LogP contribution in [0.1, 0.15) is 49.2 Å². The van der Waals surface area contributed by atoms with E-state index in [-0.39, 0.29) is 5.48 Å². The highest BCUT2D eigenvalue weighted by atomic mass is 16.0. The molecule has 0 saturated heterocycles. The number of hydrogen-bond acceptors (Lipinski definition) is 2. The molecule has 140 valence electrons. The number of hydrogen-bond donors (Lipinski definition) is 0. The van der Waals surface area contributed by atoms with Gasteiger partial charge >= 0.3 is 0 Å². The number of nitrogens with zero attached hydrogens (tertiary/aromatic N) is 4. The van der Waals surface area contributed by atoms with Gasteiger partial charge in [-0.2, -0.15) is 0 Å². The monoisotopic (exact) mass is 362 g/mol. The van der Waals surface area contributed by atoms with E-state index in [0.29, 0.717) is 11.8 Å². The van der Waals surface area contributed by atoms with Crippen LogP contribution in [0.15, 0.2) is 48.5 Å². The van der Waals surface area contributed by atoms with E-state index < -0.39 is 0 Å². The van der Waals surface area contributed by atoms with Gasteiger partial charge in [0.15, 0.2) is 0 Å². The molecule has 4 aromatic rings. The predicted molar refractivity (Wildman–Crippen MR) is 109 cm³/mol. The van der Waals surface area contributed by atoms with E-state index in [2.05, 4.69) is 71.8 Å². The maximum absolute atomic E-state index is 5.02. The standard InChI is InChI=1S/C22H24N4.H2O/c1-25-19-13-7-5-11-17(19)23-21(25)15-9-3-4-10-16(15)22-24-18-12-6-8-14-20(18)26(22)2;/h5-8,11-16H,3-4,9-10H2,1-2H3;1H2/t15-,16-;/m1./s1. The molecule has 0 spiro atoms. The second-order valence-corrected chi connectivity index (χ2v) is 7.53. The van der Waals surface area contributed by atoms with Crippen LogP contribution in [0.3, 0.4) is 0 Å². The van der Waals surface area contributed by atoms with Gasteiger partial charge in [-0.15, -0.1) is 0 Å². The molecule has 1 fully saturated rings. The number of rotatable bonds is 2. The lowest BCUT2D eigenvalue weighted by Crippen LogP contribution is -2.22. The highest BCUT2D eigenvalue weighted by Gasteiger charge is 2.34. The maximum atomic E-state index is 5.02. The Kier molecular flexibility index (Phi) is 4.48. The molecule has 2 aromatic heterocycles. The number of aryl methyl sites for hydroxylation is 2. The van der Waals surface area contributed by atoms with Crippen LogP contribution in [0, 0.1) is 0 Å². The zero-order chi connectivity index (χ0) is 17.7. The van der Waals surface area contributed by atoms with Crippen molar-refractivity contribution in [2.45, 2.75) is 37.5 Å². The minimum absolute atomic E-state index is 0. The van der Waals surface area contributed by atoms with Crippen LogP contribution < -0.4 is 0 Å². The smallest absolute Gasteiger partial charge is 0.113 e. The van der Waals surface area contributed by atoms with Gasteiger partial charge in [0.1, 0.15) is 11.6 Å². The molecule has 0 unspecified atom stereocenters. The van der Waals surface area contributed by atoms with Crippen LogP contribution in [0.2, 0.25) is 0 Å². The van der Waals surface area contributed by atoms with Crippen molar-refractivity contribution >= 4 is 22.1 Å². The Morgan fingerprint density at radius 3 is 1.52 bits per heavy atom. The third-order valence-electron chi connectivity index (χ3n) is 6.07. The van der Waals surface area contributed by atoms with Crippen LogP contribution >= 0.6 is 0 Å². The molecule has 1 aliphatic carbocycles. The second-order valence-electron chi connectivity index (χ2n) is 7.53. The molecule has 5 rings (SSSR count). The summed E-state index contributed by atoms with van der Waals surface area (Å²) in [4.78, 5) is 10.0. The van der Waals surface area contributed by atoms with Gasteiger partial charge in [0.05, 0.1) is 22.1 Å². The zero-order valence-corrected chi connectivity index (χ0v) is 15.9. The van der Waals surface area contributed by atoms with Crippen molar-refractivity contribution in [3.63, 3.8) is 0 Å². The first-order valence-corrected chi connectivity index (χ1v) is 9.57. The van der Waals surface area contributed by atoms with Gasteiger partial charge < -0.3 is 14.6 Å². The Morgan fingerprint density at radius 1 is 0.704 bits per heavy atom. The van der Waals surface area contributed by atoms with Crippen LogP contribution in [0.5, 0.6) is 0 Å². The summed E-state index contributed by atoms with van der Waals surface area (Å²) in [6.45, 7) is 0. The van der Waals surface area contributed by atoms with Gasteiger partial charge in [0, 0.05) is 25.9 Å². The lowest BCUT2D eigenvalue weighted by Gasteiger charge is -2.30. The molecule has 5 nitrogen and oxygen atoms in total. The topological polar surface area (TPSA) is 67.1 Å². The number of fused-ring (bicyclic) bond motifs is 2. The van der Waals surface area contributed by atoms with Crippen molar-refractivity contribution in [3.8, 4) is 0 Å². The van der Waals surface area contributed by atoms with E-state index in [9.17, 15) is 0 Å². The Balaban J connectivity index is 0.00000180. The molecule has 0 amide bonds. The Hall–Kier alpha value is -2.66. The minimum atomic E-state index is 0. The molecule has 2 aromatic carbocycles. The molecule has 1 aliphatic rings. The van der Waals surface area contributed by atoms with E-state index >= 15 is 0 Å². The fraction of sp³-hybridized carbons (Fsp3) is 0.364. The molecule has 5 heteroatoms. The number of para-hydroxylation sites is 4. The Bertz CT molecular complexity index is 1010. The third kappa shape index (κ3) is 2.73. The van der Waals surface area contributed by atoms with Crippen molar-refractivity contribution in [1.29, 1.82) is 0 Å². The highest BCUT2D eigenvalue weighted by Crippen LogP contribution is 2.44. The zero-order valence-electron chi connectivity index (χ0n) is 15.9. The van der Waals surface area contributed by atoms with Crippen molar-refractivity contribution in [3.05, 3.63) is 60.2 Å². The van der Waals surface area contributed by atoms with Gasteiger partial charge in [0.25, 0.3) is 0 Å². The molecule has 0 aliphatic heterocycles. The summed E-state index contributed by atoms with van der Waals surface area (Å²) in [5.74, 6) is 3.28. The van der Waals surface area contributed by atoms with Crippen LogP contribution in [-0.4, -0.2) is 24.6 Å². The van der Waals surface area contributed by atoms with E-state index in [4.69, 9.17) is 9.97 Å². The van der Waals surface area contributed by atoms with E-state index in [1.165, 1.54) is 48.4 Å². The first-order valence-electron chi connectivity index (χ1n) is 9.57. The molecule has 1 saturated carbocycles. The lowest BCUT2D eigenvalue weighted by molar-refractivity contribution is 0.353. The lowest BCUT2D eigenvalue weighted by atomic mass is 9.78. The first kappa shape index (κ1) is 17.7. The number of imidazole rings is 2. The summed E-state index contributed by atoms with van der Waals surface area (Å²) < 4.78 is 4.59. The van der Waals surface area contributed by atoms with Gasteiger partial charge in [-0.05, 0) is 37.1 Å². The third-order valence-corrected chi connectivity index (χ3v) is 6.07. The van der Waals surface area contributed by atoms with E-state index in [1.54, 1.807) is 0 Å². The Morgan fingerprint density at radius 2 is 1.11 bits per heavy atom. The molecule has 2 atom stereocenters. The van der Waals surface area contributed by atoms with E-state index in [1.807, 2.05) is 0 Å². The predicted octanol–water partition coefficient (Wildman–Crippen LogP) is 4.08. The average Bonchev–Trinajstić information content (AvgIpc) is 3.20. The molecule has 2 heterocycles. The van der Waals surface area contributed by atoms with Crippen molar-refractivity contribution in [2.75, 3.05) is 0 Å². The largest absolute Gasteiger partial charge is 0.412 e. The summed E-state index contributed by atoms with van der Waals surface area (Å²) in [5.41, 5.74) is 4.63. The normalized spacial score (nSPS) is 20.1. The molecular formula is C22H26N4O. The molecule has 2 N–H and O–H groups in total. The summed E-state index contributed by atoms with van der Waals surface area (Å²) in [6, 6.07) is 16.9. The first-order chi connectivity index (χ1) is 12.7. The molecule has 0 bridgehead atoms. The summed E-state index contributed by atoms with van der Waals surface area (Å²) in [5, 5.41) is 0. The average molecular weight is 362 g/mol. The van der Waals surface area contributed by atoms with E-state index in [0.717, 1.165) is 11.0 Å². The minimum Gasteiger partial charge on any atom is -0.412 e. The number of aromatic nitrogens is 4. The second kappa shape index (κ2) is 6.82. The molecule has 27 heavy (non-hydrogen) atoms. The van der Waals surface area contributed by atoms with Gasteiger partial charge in [0.2, 0.25) is 0 Å². The number of benzene rings is 2. The van der Waals surface area contributed by atoms with Crippen LogP contribution in [0.25, 0.3) is 22.1 Å². The molecule has 0 radical (unpaired) electrons. The fourth-order valence-electron chi connectivity index (χ4n) is 4.74. The van der Waals surface area contributed by atoms with Gasteiger partial charge in [-0.3, -0.25) is 0 Å². The quantitative estimate of drug-likeness (QED) is 0.539. The van der Waals surface area contributed by atoms with Crippen molar-refractivity contribution in [2.24, 2.45) is 14.1 Å². The summed E-state index contributed by atoms with van der Waals surface area (Å²) in [6.07, 6.45) is 4.92. The van der Waals surface area contributed by atoms with Gasteiger partial charge in [-0.25, -0.2) is 9.97 Å². The van der Waals surface area contributed by atoms with Crippen LogP contribution in [-0.2, 0) is 14.1 Å².